The van der Waals surface area contributed by atoms with Crippen molar-refractivity contribution in [2.75, 3.05) is 41.3 Å². The van der Waals surface area contributed by atoms with Crippen molar-refractivity contribution in [1.82, 2.24) is 5.32 Å². The number of ether oxygens (including phenoxy) is 6. The molecule has 0 unspecified atom stereocenters. The average Bonchev–Trinajstić information content (AvgIpc) is 3.67. The third-order valence-electron chi connectivity index (χ3n) is 8.05. The molecule has 1 heterocycles. The number of fused-ring (bicyclic) bond motifs is 4. The van der Waals surface area contributed by atoms with E-state index >= 15 is 0 Å². The molecular weight excluding hydrogens is 574 g/mol. The molecule has 1 amide bonds. The summed E-state index contributed by atoms with van der Waals surface area (Å²) >= 11 is 0. The van der Waals surface area contributed by atoms with E-state index in [4.69, 9.17) is 28.4 Å². The van der Waals surface area contributed by atoms with Crippen LogP contribution in [0.25, 0.3) is 23.3 Å². The van der Waals surface area contributed by atoms with Crippen molar-refractivity contribution in [3.8, 4) is 34.1 Å². The molecule has 2 aliphatic rings. The average molecular weight is 608 g/mol. The number of hydrogen-bond acceptors (Lipinski definition) is 8. The molecule has 0 atom stereocenters. The Hall–Kier alpha value is -5.44. The Balaban J connectivity index is 1.16. The van der Waals surface area contributed by atoms with E-state index in [1.54, 1.807) is 18.2 Å². The number of carbonyl (C=O) groups is 2. The van der Waals surface area contributed by atoms with E-state index in [2.05, 4.69) is 29.6 Å². The molecule has 0 fully saturated rings. The molecule has 0 bridgehead atoms. The van der Waals surface area contributed by atoms with Crippen LogP contribution in [0.2, 0.25) is 0 Å². The van der Waals surface area contributed by atoms with E-state index in [1.165, 1.54) is 32.5 Å². The monoisotopic (exact) mass is 607 g/mol. The number of alkyl carbamates (subject to hydrolysis) is 1. The lowest BCUT2D eigenvalue weighted by Gasteiger charge is -2.15. The molecule has 9 nitrogen and oxygen atoms in total. The van der Waals surface area contributed by atoms with Crippen LogP contribution in [-0.2, 0) is 15.9 Å². The normalized spacial score (nSPS) is 12.9. The molecule has 0 saturated carbocycles. The van der Waals surface area contributed by atoms with Gasteiger partial charge < -0.3 is 33.7 Å². The minimum absolute atomic E-state index is 0.0137. The standard InChI is InChI=1S/C36H33NO8/c1-40-30-15-14-22(33(34(30)41-2)35(38)42-3)12-13-23-18-31-32(45-21-44-31)19-24(23)16-17-37-36(39)43-20-29-27-10-6-4-8-25(27)26-9-5-7-11-28(26)29/h4-15,18-19,29H,16-17,20-21H2,1-3H3,(H,37,39)/b13-12+. The molecule has 0 radical (unpaired) electrons. The van der Waals surface area contributed by atoms with Gasteiger partial charge in [-0.15, -0.1) is 0 Å². The zero-order chi connectivity index (χ0) is 31.3. The van der Waals surface area contributed by atoms with Gasteiger partial charge in [0.1, 0.15) is 12.2 Å². The van der Waals surface area contributed by atoms with Gasteiger partial charge in [0.2, 0.25) is 6.79 Å². The Labute approximate surface area is 261 Å². The van der Waals surface area contributed by atoms with E-state index in [1.807, 2.05) is 42.5 Å². The van der Waals surface area contributed by atoms with Crippen LogP contribution in [0, 0.1) is 0 Å². The predicted molar refractivity (Wildman–Crippen MR) is 169 cm³/mol. The van der Waals surface area contributed by atoms with Crippen LogP contribution in [0.3, 0.4) is 0 Å². The topological polar surface area (TPSA) is 102 Å². The van der Waals surface area contributed by atoms with Crippen molar-refractivity contribution in [1.29, 1.82) is 0 Å². The van der Waals surface area contributed by atoms with E-state index in [0.717, 1.165) is 22.3 Å². The van der Waals surface area contributed by atoms with Crippen molar-refractivity contribution < 1.29 is 38.0 Å². The van der Waals surface area contributed by atoms with Gasteiger partial charge in [-0.2, -0.15) is 0 Å². The van der Waals surface area contributed by atoms with Crippen molar-refractivity contribution in [3.05, 3.63) is 106 Å². The minimum atomic E-state index is -0.552. The molecule has 9 heteroatoms. The summed E-state index contributed by atoms with van der Waals surface area (Å²) < 4.78 is 32.8. The lowest BCUT2D eigenvalue weighted by molar-refractivity contribution is 0.0596. The van der Waals surface area contributed by atoms with Gasteiger partial charge in [-0.05, 0) is 63.6 Å². The number of carbonyl (C=O) groups excluding carboxylic acids is 2. The zero-order valence-electron chi connectivity index (χ0n) is 25.3. The summed E-state index contributed by atoms with van der Waals surface area (Å²) in [6, 6.07) is 23.7. The Morgan fingerprint density at radius 3 is 2.18 bits per heavy atom. The highest BCUT2D eigenvalue weighted by atomic mass is 16.7. The summed E-state index contributed by atoms with van der Waals surface area (Å²) in [5, 5.41) is 2.88. The third-order valence-corrected chi connectivity index (χ3v) is 8.05. The SMILES string of the molecule is COC(=O)c1c(/C=C/c2cc3c(cc2CCNC(=O)OCC2c4ccccc4-c4ccccc42)OCO3)ccc(OC)c1OC. The molecule has 1 aliphatic heterocycles. The molecule has 4 aromatic carbocycles. The van der Waals surface area contributed by atoms with Gasteiger partial charge in [0.15, 0.2) is 23.0 Å². The first-order valence-corrected chi connectivity index (χ1v) is 14.5. The Kier molecular flexibility index (Phi) is 8.59. The summed E-state index contributed by atoms with van der Waals surface area (Å²) in [6.45, 7) is 0.703. The lowest BCUT2D eigenvalue weighted by atomic mass is 9.98. The zero-order valence-corrected chi connectivity index (χ0v) is 25.3. The van der Waals surface area contributed by atoms with Crippen LogP contribution in [0.4, 0.5) is 4.79 Å². The molecule has 45 heavy (non-hydrogen) atoms. The van der Waals surface area contributed by atoms with Crippen LogP contribution in [0.5, 0.6) is 23.0 Å². The highest BCUT2D eigenvalue weighted by Crippen LogP contribution is 2.44. The smallest absolute Gasteiger partial charge is 0.407 e. The van der Waals surface area contributed by atoms with Gasteiger partial charge in [-0.1, -0.05) is 66.7 Å². The number of benzene rings is 4. The van der Waals surface area contributed by atoms with Gasteiger partial charge in [0.05, 0.1) is 21.3 Å². The molecular formula is C36H33NO8. The fraction of sp³-hybridized carbons (Fsp3) is 0.222. The van der Waals surface area contributed by atoms with Crippen molar-refractivity contribution in [2.24, 2.45) is 0 Å². The highest BCUT2D eigenvalue weighted by Gasteiger charge is 2.29. The predicted octanol–water partition coefficient (Wildman–Crippen LogP) is 6.47. The summed E-state index contributed by atoms with van der Waals surface area (Å²) in [6.07, 6.45) is 3.69. The number of nitrogens with one attached hydrogen (secondary N) is 1. The maximum Gasteiger partial charge on any atom is 0.407 e. The molecule has 4 aromatic rings. The van der Waals surface area contributed by atoms with E-state index in [0.29, 0.717) is 35.8 Å². The van der Waals surface area contributed by atoms with Gasteiger partial charge in [0.25, 0.3) is 0 Å². The highest BCUT2D eigenvalue weighted by molar-refractivity contribution is 5.98. The lowest BCUT2D eigenvalue weighted by Crippen LogP contribution is -2.28. The van der Waals surface area contributed by atoms with Gasteiger partial charge in [0, 0.05) is 12.5 Å². The van der Waals surface area contributed by atoms with Gasteiger partial charge in [-0.3, -0.25) is 0 Å². The number of methoxy groups -OCH3 is 3. The second-order valence-corrected chi connectivity index (χ2v) is 10.5. The maximum atomic E-state index is 12.8. The first-order chi connectivity index (χ1) is 22.0. The first kappa shape index (κ1) is 29.6. The first-order valence-electron chi connectivity index (χ1n) is 14.5. The van der Waals surface area contributed by atoms with Crippen LogP contribution < -0.4 is 24.3 Å². The van der Waals surface area contributed by atoms with E-state index in [-0.39, 0.29) is 30.6 Å². The minimum Gasteiger partial charge on any atom is -0.493 e. The summed E-state index contributed by atoms with van der Waals surface area (Å²) in [4.78, 5) is 25.5. The Bertz CT molecular complexity index is 1730. The number of esters is 1. The Morgan fingerprint density at radius 2 is 1.51 bits per heavy atom. The Morgan fingerprint density at radius 1 is 0.844 bits per heavy atom. The molecule has 230 valence electrons. The summed E-state index contributed by atoms with van der Waals surface area (Å²) in [7, 11) is 4.29. The maximum absolute atomic E-state index is 12.8. The molecule has 0 aromatic heterocycles. The van der Waals surface area contributed by atoms with Crippen molar-refractivity contribution in [2.45, 2.75) is 12.3 Å². The number of amides is 1. The quantitative estimate of drug-likeness (QED) is 0.162. The second-order valence-electron chi connectivity index (χ2n) is 10.5. The third kappa shape index (κ3) is 5.89. The van der Waals surface area contributed by atoms with Crippen molar-refractivity contribution >= 4 is 24.2 Å². The van der Waals surface area contributed by atoms with E-state index < -0.39 is 12.1 Å². The largest absolute Gasteiger partial charge is 0.493 e. The van der Waals surface area contributed by atoms with Crippen LogP contribution in [0.1, 0.15) is 44.1 Å². The van der Waals surface area contributed by atoms with Gasteiger partial charge in [-0.25, -0.2) is 9.59 Å². The molecule has 6 rings (SSSR count). The second kappa shape index (κ2) is 13.1. The fourth-order valence-corrected chi connectivity index (χ4v) is 5.89. The molecule has 0 saturated heterocycles. The molecule has 1 N–H and O–H groups in total. The summed E-state index contributed by atoms with van der Waals surface area (Å²) in [5.74, 6) is 1.37. The number of hydrogen-bond donors (Lipinski definition) is 1. The van der Waals surface area contributed by atoms with Crippen LogP contribution >= 0.6 is 0 Å². The fourth-order valence-electron chi connectivity index (χ4n) is 5.89. The van der Waals surface area contributed by atoms with Crippen molar-refractivity contribution in [3.63, 3.8) is 0 Å². The van der Waals surface area contributed by atoms with Crippen LogP contribution in [0.15, 0.2) is 72.8 Å². The molecule has 0 spiro atoms. The molecule has 1 aliphatic carbocycles. The van der Waals surface area contributed by atoms with E-state index in [9.17, 15) is 9.59 Å². The summed E-state index contributed by atoms with van der Waals surface area (Å²) in [5.41, 5.74) is 7.25. The number of rotatable bonds is 10. The van der Waals surface area contributed by atoms with Gasteiger partial charge >= 0.3 is 12.1 Å². The van der Waals surface area contributed by atoms with Crippen LogP contribution in [-0.4, -0.2) is 53.3 Å².